The van der Waals surface area contributed by atoms with Crippen molar-refractivity contribution in [1.82, 2.24) is 10.3 Å². The fourth-order valence-corrected chi connectivity index (χ4v) is 2.64. The molecule has 0 saturated carbocycles. The molecule has 0 aliphatic rings. The molecule has 3 rings (SSSR count). The first-order chi connectivity index (χ1) is 13.6. The number of aromatic nitrogens is 1. The van der Waals surface area contributed by atoms with E-state index in [0.29, 0.717) is 23.8 Å². The Hall–Kier alpha value is -3.34. The van der Waals surface area contributed by atoms with Gasteiger partial charge in [0.2, 0.25) is 0 Å². The van der Waals surface area contributed by atoms with E-state index in [9.17, 15) is 4.79 Å². The molecular formula is C23H25N3O2. The van der Waals surface area contributed by atoms with Gasteiger partial charge < -0.3 is 15.4 Å². The normalized spacial score (nSPS) is 10.5. The molecule has 0 unspecified atom stereocenters. The van der Waals surface area contributed by atoms with E-state index >= 15 is 0 Å². The smallest absolute Gasteiger partial charge is 0.252 e. The molecule has 0 bridgehead atoms. The minimum Gasteiger partial charge on any atom is -0.455 e. The molecule has 1 heterocycles. The van der Waals surface area contributed by atoms with Gasteiger partial charge in [-0.05, 0) is 42.7 Å². The van der Waals surface area contributed by atoms with Crippen LogP contribution in [0.3, 0.4) is 0 Å². The molecule has 5 heteroatoms. The van der Waals surface area contributed by atoms with Crippen LogP contribution in [0.25, 0.3) is 0 Å². The van der Waals surface area contributed by atoms with Crippen molar-refractivity contribution in [3.05, 3.63) is 78.6 Å². The number of ether oxygens (including phenoxy) is 1. The van der Waals surface area contributed by atoms with Crippen LogP contribution in [0.1, 0.15) is 30.6 Å². The Morgan fingerprint density at radius 3 is 2.57 bits per heavy atom. The highest BCUT2D eigenvalue weighted by Crippen LogP contribution is 2.31. The van der Waals surface area contributed by atoms with Gasteiger partial charge in [0.05, 0.1) is 23.1 Å². The Labute approximate surface area is 165 Å². The van der Waals surface area contributed by atoms with Crippen LogP contribution in [0, 0.1) is 5.92 Å². The fourth-order valence-electron chi connectivity index (χ4n) is 2.64. The number of rotatable bonds is 8. The number of carbonyl (C=O) groups is 1. The number of benzene rings is 2. The monoisotopic (exact) mass is 375 g/mol. The van der Waals surface area contributed by atoms with Crippen molar-refractivity contribution >= 4 is 17.3 Å². The Balaban J connectivity index is 1.71. The zero-order chi connectivity index (χ0) is 19.8. The van der Waals surface area contributed by atoms with Crippen molar-refractivity contribution in [1.29, 1.82) is 0 Å². The molecule has 3 aromatic rings. The van der Waals surface area contributed by atoms with E-state index in [1.165, 1.54) is 0 Å². The number of nitrogens with zero attached hydrogens (tertiary/aromatic N) is 1. The van der Waals surface area contributed by atoms with Crippen molar-refractivity contribution in [2.45, 2.75) is 20.3 Å². The minimum absolute atomic E-state index is 0.120. The van der Waals surface area contributed by atoms with Gasteiger partial charge in [-0.3, -0.25) is 9.78 Å². The number of para-hydroxylation sites is 3. The Bertz CT molecular complexity index is 910. The number of hydrogen-bond acceptors (Lipinski definition) is 4. The van der Waals surface area contributed by atoms with Crippen molar-refractivity contribution in [3.63, 3.8) is 0 Å². The number of amides is 1. The van der Waals surface area contributed by atoms with Crippen molar-refractivity contribution in [2.75, 3.05) is 11.9 Å². The lowest BCUT2D eigenvalue weighted by Crippen LogP contribution is -2.25. The van der Waals surface area contributed by atoms with Crippen LogP contribution >= 0.6 is 0 Å². The first-order valence-electron chi connectivity index (χ1n) is 9.44. The number of pyridine rings is 1. The van der Waals surface area contributed by atoms with Crippen LogP contribution < -0.4 is 15.4 Å². The van der Waals surface area contributed by atoms with Crippen LogP contribution in [0.2, 0.25) is 0 Å². The topological polar surface area (TPSA) is 63.2 Å². The average molecular weight is 375 g/mol. The Kier molecular flexibility index (Phi) is 6.63. The molecule has 0 saturated heterocycles. The summed E-state index contributed by atoms with van der Waals surface area (Å²) < 4.78 is 5.97. The minimum atomic E-state index is -0.120. The van der Waals surface area contributed by atoms with E-state index in [1.807, 2.05) is 54.6 Å². The van der Waals surface area contributed by atoms with Crippen LogP contribution in [0.4, 0.5) is 11.4 Å². The van der Waals surface area contributed by atoms with Crippen LogP contribution in [-0.4, -0.2) is 17.4 Å². The van der Waals surface area contributed by atoms with E-state index < -0.39 is 0 Å². The first-order valence-corrected chi connectivity index (χ1v) is 9.44. The standard InChI is InChI=1S/C23H25N3O2/c1-17(2)12-13-25-23(27)18-14-19(16-24-15-18)26-21-10-6-7-11-22(21)28-20-8-4-3-5-9-20/h3-11,14-17,26H,12-13H2,1-2H3,(H,25,27). The molecule has 0 atom stereocenters. The molecule has 0 aliphatic carbocycles. The third kappa shape index (κ3) is 5.58. The van der Waals surface area contributed by atoms with Crippen molar-refractivity contribution < 1.29 is 9.53 Å². The van der Waals surface area contributed by atoms with Crippen LogP contribution in [-0.2, 0) is 0 Å². The van der Waals surface area contributed by atoms with Crippen molar-refractivity contribution in [2.24, 2.45) is 5.92 Å². The van der Waals surface area contributed by atoms with Gasteiger partial charge in [0.1, 0.15) is 5.75 Å². The van der Waals surface area contributed by atoms with Gasteiger partial charge in [0.25, 0.3) is 5.91 Å². The lowest BCUT2D eigenvalue weighted by molar-refractivity contribution is 0.0951. The van der Waals surface area contributed by atoms with E-state index in [-0.39, 0.29) is 5.91 Å². The molecule has 28 heavy (non-hydrogen) atoms. The number of nitrogens with one attached hydrogen (secondary N) is 2. The predicted octanol–water partition coefficient (Wildman–Crippen LogP) is 5.39. The van der Waals surface area contributed by atoms with Crippen LogP contribution in [0.5, 0.6) is 11.5 Å². The van der Waals surface area contributed by atoms with Crippen molar-refractivity contribution in [3.8, 4) is 11.5 Å². The van der Waals surface area contributed by atoms with Crippen LogP contribution in [0.15, 0.2) is 73.1 Å². The zero-order valence-electron chi connectivity index (χ0n) is 16.2. The summed E-state index contributed by atoms with van der Waals surface area (Å²) in [5.74, 6) is 1.88. The second kappa shape index (κ2) is 9.55. The highest BCUT2D eigenvalue weighted by molar-refractivity contribution is 5.94. The van der Waals surface area contributed by atoms with E-state index in [4.69, 9.17) is 4.74 Å². The molecule has 0 radical (unpaired) electrons. The van der Waals surface area contributed by atoms with E-state index in [2.05, 4.69) is 29.5 Å². The SMILES string of the molecule is CC(C)CCNC(=O)c1cncc(Nc2ccccc2Oc2ccccc2)c1. The van der Waals surface area contributed by atoms with Gasteiger partial charge in [-0.25, -0.2) is 0 Å². The third-order valence-electron chi connectivity index (χ3n) is 4.14. The Morgan fingerprint density at radius 2 is 1.79 bits per heavy atom. The average Bonchev–Trinajstić information content (AvgIpc) is 2.70. The van der Waals surface area contributed by atoms with Gasteiger partial charge >= 0.3 is 0 Å². The molecule has 0 aliphatic heterocycles. The highest BCUT2D eigenvalue weighted by atomic mass is 16.5. The summed E-state index contributed by atoms with van der Waals surface area (Å²) in [7, 11) is 0. The summed E-state index contributed by atoms with van der Waals surface area (Å²) in [5.41, 5.74) is 2.04. The first kappa shape index (κ1) is 19.4. The summed E-state index contributed by atoms with van der Waals surface area (Å²) in [5, 5.41) is 6.23. The summed E-state index contributed by atoms with van der Waals surface area (Å²) in [6.45, 7) is 4.92. The third-order valence-corrected chi connectivity index (χ3v) is 4.14. The number of carbonyl (C=O) groups excluding carboxylic acids is 1. The summed E-state index contributed by atoms with van der Waals surface area (Å²) in [4.78, 5) is 16.5. The quantitative estimate of drug-likeness (QED) is 0.554. The molecule has 2 N–H and O–H groups in total. The maximum Gasteiger partial charge on any atom is 0.252 e. The summed E-state index contributed by atoms with van der Waals surface area (Å²) in [6, 6.07) is 19.1. The van der Waals surface area contributed by atoms with Gasteiger partial charge in [-0.1, -0.05) is 44.2 Å². The summed E-state index contributed by atoms with van der Waals surface area (Å²) in [6.07, 6.45) is 4.20. The zero-order valence-corrected chi connectivity index (χ0v) is 16.2. The molecule has 1 aromatic heterocycles. The van der Waals surface area contributed by atoms with Gasteiger partial charge in [-0.15, -0.1) is 0 Å². The molecule has 0 fully saturated rings. The van der Waals surface area contributed by atoms with Gasteiger partial charge in [0, 0.05) is 12.7 Å². The highest BCUT2D eigenvalue weighted by Gasteiger charge is 2.09. The molecular weight excluding hydrogens is 350 g/mol. The van der Waals surface area contributed by atoms with E-state index in [1.54, 1.807) is 18.5 Å². The lowest BCUT2D eigenvalue weighted by Gasteiger charge is -2.13. The van der Waals surface area contributed by atoms with Gasteiger partial charge in [0.15, 0.2) is 5.75 Å². The maximum atomic E-state index is 12.3. The lowest BCUT2D eigenvalue weighted by atomic mass is 10.1. The molecule has 144 valence electrons. The number of anilines is 2. The molecule has 1 amide bonds. The predicted molar refractivity (Wildman–Crippen MR) is 112 cm³/mol. The summed E-state index contributed by atoms with van der Waals surface area (Å²) >= 11 is 0. The fraction of sp³-hybridized carbons (Fsp3) is 0.217. The second-order valence-electron chi connectivity index (χ2n) is 6.94. The molecule has 2 aromatic carbocycles. The maximum absolute atomic E-state index is 12.3. The Morgan fingerprint density at radius 1 is 1.04 bits per heavy atom. The second-order valence-corrected chi connectivity index (χ2v) is 6.94. The van der Waals surface area contributed by atoms with E-state index in [0.717, 1.165) is 23.5 Å². The molecule has 5 nitrogen and oxygen atoms in total. The number of hydrogen-bond donors (Lipinski definition) is 2. The largest absolute Gasteiger partial charge is 0.455 e. The van der Waals surface area contributed by atoms with Gasteiger partial charge in [-0.2, -0.15) is 0 Å². The molecule has 0 spiro atoms.